The van der Waals surface area contributed by atoms with Gasteiger partial charge in [-0.3, -0.25) is 14.9 Å². The second kappa shape index (κ2) is 6.13. The fraction of sp³-hybridized carbons (Fsp3) is 0.100. The summed E-state index contributed by atoms with van der Waals surface area (Å²) in [5.74, 6) is -1.20. The largest absolute Gasteiger partial charge is 0.490 e. The quantitative estimate of drug-likeness (QED) is 0.644. The van der Waals surface area contributed by atoms with E-state index < -0.39 is 21.7 Å². The molecule has 0 atom stereocenters. The second-order valence-corrected chi connectivity index (χ2v) is 4.38. The summed E-state index contributed by atoms with van der Waals surface area (Å²) in [6, 6.07) is 3.56. The molecule has 0 spiro atoms. The number of anilines is 1. The van der Waals surface area contributed by atoms with Crippen molar-refractivity contribution in [3.63, 3.8) is 0 Å². The number of non-ortho nitro benzene ring substituents is 1. The molecule has 0 aliphatic carbocycles. The SMILES string of the molecule is O=C(Cn1cnc([N+](=O)[O-])n1)Nc1ccc([N+](=O)[O-])cc1Cl. The van der Waals surface area contributed by atoms with Crippen LogP contribution in [0.3, 0.4) is 0 Å². The molecule has 2 rings (SSSR count). The van der Waals surface area contributed by atoms with Gasteiger partial charge in [-0.25, -0.2) is 0 Å². The van der Waals surface area contributed by atoms with E-state index in [4.69, 9.17) is 11.6 Å². The highest BCUT2D eigenvalue weighted by molar-refractivity contribution is 6.33. The molecule has 0 saturated heterocycles. The third-order valence-corrected chi connectivity index (χ3v) is 2.74. The minimum absolute atomic E-state index is 0.00730. The number of nitro groups is 2. The summed E-state index contributed by atoms with van der Waals surface area (Å²) in [6.07, 6.45) is 1.04. The van der Waals surface area contributed by atoms with Gasteiger partial charge < -0.3 is 15.4 Å². The number of amides is 1. The molecule has 1 aromatic carbocycles. The van der Waals surface area contributed by atoms with Crippen LogP contribution in [0.5, 0.6) is 0 Å². The lowest BCUT2D eigenvalue weighted by molar-refractivity contribution is -0.394. The van der Waals surface area contributed by atoms with Crippen molar-refractivity contribution in [1.29, 1.82) is 0 Å². The lowest BCUT2D eigenvalue weighted by Crippen LogP contribution is -2.19. The smallest absolute Gasteiger partial charge is 0.390 e. The van der Waals surface area contributed by atoms with E-state index >= 15 is 0 Å². The molecule has 1 aromatic heterocycles. The Bertz CT molecular complexity index is 760. The standard InChI is InChI=1S/C10H7ClN6O5/c11-7-3-6(16(19)20)1-2-8(7)13-9(18)4-15-5-12-10(14-15)17(21)22/h1-3,5H,4H2,(H,13,18). The van der Waals surface area contributed by atoms with Crippen molar-refractivity contribution in [2.75, 3.05) is 5.32 Å². The third-order valence-electron chi connectivity index (χ3n) is 2.43. The van der Waals surface area contributed by atoms with Gasteiger partial charge >= 0.3 is 5.95 Å². The van der Waals surface area contributed by atoms with E-state index in [-0.39, 0.29) is 22.9 Å². The summed E-state index contributed by atoms with van der Waals surface area (Å²) < 4.78 is 0.979. The zero-order chi connectivity index (χ0) is 16.3. The second-order valence-electron chi connectivity index (χ2n) is 3.97. The number of halogens is 1. The van der Waals surface area contributed by atoms with Crippen molar-refractivity contribution in [2.45, 2.75) is 6.54 Å². The van der Waals surface area contributed by atoms with Gasteiger partial charge in [-0.15, -0.1) is 0 Å². The van der Waals surface area contributed by atoms with Crippen molar-refractivity contribution >= 4 is 34.8 Å². The number of carbonyl (C=O) groups is 1. The van der Waals surface area contributed by atoms with Crippen LogP contribution in [0.1, 0.15) is 0 Å². The predicted molar refractivity (Wildman–Crippen MR) is 73.4 cm³/mol. The van der Waals surface area contributed by atoms with Gasteiger partial charge in [0.1, 0.15) is 6.54 Å². The zero-order valence-electron chi connectivity index (χ0n) is 10.7. The molecule has 12 heteroatoms. The summed E-state index contributed by atoms with van der Waals surface area (Å²) in [5.41, 5.74) is -0.0400. The number of nitro benzene ring substituents is 1. The van der Waals surface area contributed by atoms with Gasteiger partial charge in [0.05, 0.1) is 15.6 Å². The molecule has 0 aliphatic rings. The Morgan fingerprint density at radius 2 is 2.05 bits per heavy atom. The van der Waals surface area contributed by atoms with Crippen LogP contribution < -0.4 is 5.32 Å². The average Bonchev–Trinajstić information content (AvgIpc) is 2.89. The molecule has 1 heterocycles. The highest BCUT2D eigenvalue weighted by Gasteiger charge is 2.16. The Hall–Kier alpha value is -3.08. The molecule has 0 radical (unpaired) electrons. The number of hydrogen-bond donors (Lipinski definition) is 1. The Balaban J connectivity index is 2.05. The van der Waals surface area contributed by atoms with E-state index in [1.807, 2.05) is 0 Å². The van der Waals surface area contributed by atoms with Gasteiger partial charge in [0.25, 0.3) is 5.69 Å². The maximum absolute atomic E-state index is 11.8. The molecular formula is C10H7ClN6O5. The Kier molecular flexibility index (Phi) is 4.27. The van der Waals surface area contributed by atoms with Crippen LogP contribution >= 0.6 is 11.6 Å². The first-order valence-corrected chi connectivity index (χ1v) is 6.02. The van der Waals surface area contributed by atoms with E-state index in [0.29, 0.717) is 0 Å². The topological polar surface area (TPSA) is 146 Å². The summed E-state index contributed by atoms with van der Waals surface area (Å²) in [6.45, 7) is -0.325. The van der Waals surface area contributed by atoms with E-state index in [2.05, 4.69) is 15.4 Å². The fourth-order valence-electron chi connectivity index (χ4n) is 1.50. The lowest BCUT2D eigenvalue weighted by Gasteiger charge is -2.05. The number of carbonyl (C=O) groups excluding carboxylic acids is 1. The minimum atomic E-state index is -0.790. The van der Waals surface area contributed by atoms with Crippen LogP contribution in [0.15, 0.2) is 24.5 Å². The zero-order valence-corrected chi connectivity index (χ0v) is 11.4. The molecule has 11 nitrogen and oxygen atoms in total. The van der Waals surface area contributed by atoms with E-state index in [0.717, 1.165) is 17.1 Å². The summed E-state index contributed by atoms with van der Waals surface area (Å²) >= 11 is 5.82. The third kappa shape index (κ3) is 3.52. The highest BCUT2D eigenvalue weighted by atomic mass is 35.5. The van der Waals surface area contributed by atoms with E-state index in [1.165, 1.54) is 12.1 Å². The first kappa shape index (κ1) is 15.3. The van der Waals surface area contributed by atoms with Crippen molar-refractivity contribution in [3.8, 4) is 0 Å². The maximum atomic E-state index is 11.8. The number of hydrogen-bond acceptors (Lipinski definition) is 7. The number of nitrogens with one attached hydrogen (secondary N) is 1. The van der Waals surface area contributed by atoms with Crippen LogP contribution in [0, 0.1) is 20.2 Å². The Morgan fingerprint density at radius 1 is 1.32 bits per heavy atom. The van der Waals surface area contributed by atoms with Crippen LogP contribution in [-0.4, -0.2) is 30.5 Å². The molecule has 0 saturated carbocycles. The van der Waals surface area contributed by atoms with Crippen molar-refractivity contribution in [2.24, 2.45) is 0 Å². The fourth-order valence-corrected chi connectivity index (χ4v) is 1.72. The first-order valence-electron chi connectivity index (χ1n) is 5.64. The molecular weight excluding hydrogens is 320 g/mol. The van der Waals surface area contributed by atoms with Gasteiger partial charge in [0.2, 0.25) is 12.2 Å². The molecule has 114 valence electrons. The molecule has 1 amide bonds. The average molecular weight is 327 g/mol. The van der Waals surface area contributed by atoms with Crippen LogP contribution in [-0.2, 0) is 11.3 Å². The minimum Gasteiger partial charge on any atom is -0.390 e. The number of rotatable bonds is 5. The molecule has 0 aliphatic heterocycles. The van der Waals surface area contributed by atoms with E-state index in [9.17, 15) is 25.0 Å². The number of aromatic nitrogens is 3. The molecule has 1 N–H and O–H groups in total. The van der Waals surface area contributed by atoms with Crippen LogP contribution in [0.4, 0.5) is 17.3 Å². The first-order chi connectivity index (χ1) is 10.4. The number of benzene rings is 1. The van der Waals surface area contributed by atoms with Gasteiger partial charge in [0.15, 0.2) is 0 Å². The summed E-state index contributed by atoms with van der Waals surface area (Å²) in [7, 11) is 0. The molecule has 0 fully saturated rings. The monoisotopic (exact) mass is 326 g/mol. The Morgan fingerprint density at radius 3 is 2.59 bits per heavy atom. The maximum Gasteiger partial charge on any atom is 0.490 e. The van der Waals surface area contributed by atoms with Gasteiger partial charge in [-0.2, -0.15) is 4.68 Å². The van der Waals surface area contributed by atoms with Crippen LogP contribution in [0.2, 0.25) is 5.02 Å². The molecule has 0 unspecified atom stereocenters. The molecule has 22 heavy (non-hydrogen) atoms. The normalized spacial score (nSPS) is 10.2. The number of nitrogens with zero attached hydrogens (tertiary/aromatic N) is 5. The van der Waals surface area contributed by atoms with Gasteiger partial charge in [-0.1, -0.05) is 16.6 Å². The Labute approximate surface area is 126 Å². The van der Waals surface area contributed by atoms with Gasteiger partial charge in [-0.05, 0) is 11.0 Å². The van der Waals surface area contributed by atoms with Crippen LogP contribution in [0.25, 0.3) is 0 Å². The predicted octanol–water partition coefficient (Wildman–Crippen LogP) is 1.39. The van der Waals surface area contributed by atoms with Crippen molar-refractivity contribution < 1.29 is 14.6 Å². The van der Waals surface area contributed by atoms with E-state index in [1.54, 1.807) is 0 Å². The molecule has 0 bridgehead atoms. The van der Waals surface area contributed by atoms with Crippen molar-refractivity contribution in [1.82, 2.24) is 14.8 Å². The summed E-state index contributed by atoms with van der Waals surface area (Å²) in [5, 5.41) is 26.9. The highest BCUT2D eigenvalue weighted by Crippen LogP contribution is 2.26. The molecule has 2 aromatic rings. The van der Waals surface area contributed by atoms with Gasteiger partial charge in [0, 0.05) is 17.2 Å². The summed E-state index contributed by atoms with van der Waals surface area (Å²) in [4.78, 5) is 34.7. The van der Waals surface area contributed by atoms with Crippen molar-refractivity contribution in [3.05, 3.63) is 49.8 Å². The lowest BCUT2D eigenvalue weighted by atomic mass is 10.3.